The maximum Gasteiger partial charge on any atom is 0.255 e. The first-order valence-electron chi connectivity index (χ1n) is 9.15. The summed E-state index contributed by atoms with van der Waals surface area (Å²) in [4.78, 5) is 25.3. The van der Waals surface area contributed by atoms with E-state index in [2.05, 4.69) is 16.0 Å². The van der Waals surface area contributed by atoms with Gasteiger partial charge in [0.2, 0.25) is 0 Å². The highest BCUT2D eigenvalue weighted by Gasteiger charge is 2.23. The van der Waals surface area contributed by atoms with Crippen molar-refractivity contribution in [2.45, 2.75) is 26.0 Å². The van der Waals surface area contributed by atoms with Gasteiger partial charge in [0, 0.05) is 18.7 Å². The Hall–Kier alpha value is -2.70. The Morgan fingerprint density at radius 1 is 1.15 bits per heavy atom. The van der Waals surface area contributed by atoms with Gasteiger partial charge in [-0.3, -0.25) is 9.59 Å². The van der Waals surface area contributed by atoms with Crippen LogP contribution < -0.4 is 16.0 Å². The first-order chi connectivity index (χ1) is 13.0. The molecule has 0 aliphatic carbocycles. The number of hydrogen-bond donors (Lipinski definition) is 3. The van der Waals surface area contributed by atoms with Crippen LogP contribution in [0.1, 0.15) is 33.2 Å². The fraction of sp³-hybridized carbons (Fsp3) is 0.333. The smallest absolute Gasteiger partial charge is 0.255 e. The van der Waals surface area contributed by atoms with Gasteiger partial charge >= 0.3 is 0 Å². The van der Waals surface area contributed by atoms with Gasteiger partial charge in [-0.1, -0.05) is 29.8 Å². The van der Waals surface area contributed by atoms with Crippen LogP contribution >= 0.6 is 0 Å². The number of para-hydroxylation sites is 1. The molecule has 1 saturated heterocycles. The van der Waals surface area contributed by atoms with Crippen molar-refractivity contribution < 1.29 is 14.3 Å². The summed E-state index contributed by atoms with van der Waals surface area (Å²) in [5, 5.41) is 9.07. The van der Waals surface area contributed by atoms with Gasteiger partial charge in [0.15, 0.2) is 0 Å². The first kappa shape index (κ1) is 19.1. The van der Waals surface area contributed by atoms with Crippen LogP contribution in [0, 0.1) is 6.92 Å². The Morgan fingerprint density at radius 2 is 1.96 bits per heavy atom. The maximum absolute atomic E-state index is 12.8. The van der Waals surface area contributed by atoms with E-state index in [1.54, 1.807) is 30.3 Å². The van der Waals surface area contributed by atoms with Crippen molar-refractivity contribution in [3.8, 4) is 0 Å². The molecular formula is C21H25N3O3. The Morgan fingerprint density at radius 3 is 2.70 bits per heavy atom. The minimum atomic E-state index is -0.244. The van der Waals surface area contributed by atoms with Crippen LogP contribution in [0.2, 0.25) is 0 Å². The molecule has 1 aliphatic heterocycles. The lowest BCUT2D eigenvalue weighted by Crippen LogP contribution is -2.50. The van der Waals surface area contributed by atoms with Crippen LogP contribution in [0.15, 0.2) is 48.5 Å². The summed E-state index contributed by atoms with van der Waals surface area (Å²) in [5.74, 6) is -0.483. The number of carbonyl (C=O) groups excluding carboxylic acids is 2. The number of nitrogens with one attached hydrogen (secondary N) is 3. The minimum absolute atomic E-state index is 0.0725. The molecule has 1 fully saturated rings. The minimum Gasteiger partial charge on any atom is -0.373 e. The van der Waals surface area contributed by atoms with Crippen LogP contribution in [0.3, 0.4) is 0 Å². The molecule has 0 saturated carbocycles. The molecule has 27 heavy (non-hydrogen) atoms. The molecule has 2 aromatic rings. The molecular weight excluding hydrogens is 342 g/mol. The lowest BCUT2D eigenvalue weighted by molar-refractivity contribution is 0.00861. The maximum atomic E-state index is 12.8. The molecule has 0 aromatic heterocycles. The first-order valence-corrected chi connectivity index (χ1v) is 9.15. The Bertz CT molecular complexity index is 816. The summed E-state index contributed by atoms with van der Waals surface area (Å²) < 4.78 is 5.69. The average Bonchev–Trinajstić information content (AvgIpc) is 2.69. The molecule has 6 nitrogen and oxygen atoms in total. The Balaban J connectivity index is 1.71. The van der Waals surface area contributed by atoms with E-state index in [1.807, 2.05) is 32.0 Å². The predicted molar refractivity (Wildman–Crippen MR) is 105 cm³/mol. The van der Waals surface area contributed by atoms with Crippen molar-refractivity contribution >= 4 is 17.5 Å². The van der Waals surface area contributed by atoms with Gasteiger partial charge in [-0.05, 0) is 38.1 Å². The number of aryl methyl sites for hydroxylation is 1. The van der Waals surface area contributed by atoms with Crippen LogP contribution in [-0.2, 0) is 4.74 Å². The zero-order valence-corrected chi connectivity index (χ0v) is 15.6. The number of rotatable bonds is 5. The van der Waals surface area contributed by atoms with Crippen LogP contribution in [0.4, 0.5) is 5.69 Å². The molecule has 1 aliphatic rings. The van der Waals surface area contributed by atoms with Gasteiger partial charge in [-0.2, -0.15) is 0 Å². The molecule has 2 unspecified atom stereocenters. The molecule has 0 spiro atoms. The second-order valence-corrected chi connectivity index (χ2v) is 6.74. The number of hydrogen-bond acceptors (Lipinski definition) is 4. The fourth-order valence-electron chi connectivity index (χ4n) is 3.06. The number of ether oxygens (including phenoxy) is 1. The van der Waals surface area contributed by atoms with Gasteiger partial charge in [-0.15, -0.1) is 0 Å². The third kappa shape index (κ3) is 4.93. The van der Waals surface area contributed by atoms with Gasteiger partial charge in [0.25, 0.3) is 11.8 Å². The van der Waals surface area contributed by atoms with Crippen molar-refractivity contribution in [1.82, 2.24) is 10.6 Å². The summed E-state index contributed by atoms with van der Waals surface area (Å²) >= 11 is 0. The summed E-state index contributed by atoms with van der Waals surface area (Å²) in [7, 11) is 0. The van der Waals surface area contributed by atoms with E-state index >= 15 is 0 Å². The SMILES string of the molecule is Cc1cccc(C(=O)Nc2ccccc2C(=O)NC(C)C2CNCCO2)c1. The van der Waals surface area contributed by atoms with Crippen LogP contribution in [0.5, 0.6) is 0 Å². The number of morpholine rings is 1. The third-order valence-corrected chi connectivity index (χ3v) is 4.57. The number of amides is 2. The number of anilines is 1. The van der Waals surface area contributed by atoms with Gasteiger partial charge < -0.3 is 20.7 Å². The average molecular weight is 367 g/mol. The molecule has 142 valence electrons. The van der Waals surface area contributed by atoms with Crippen LogP contribution in [0.25, 0.3) is 0 Å². The summed E-state index contributed by atoms with van der Waals surface area (Å²) in [6, 6.07) is 14.2. The number of carbonyl (C=O) groups is 2. The second-order valence-electron chi connectivity index (χ2n) is 6.74. The van der Waals surface area contributed by atoms with Crippen molar-refractivity contribution in [2.24, 2.45) is 0 Å². The Labute approximate surface area is 159 Å². The van der Waals surface area contributed by atoms with Crippen LogP contribution in [-0.4, -0.2) is 43.7 Å². The molecule has 0 bridgehead atoms. The third-order valence-electron chi connectivity index (χ3n) is 4.57. The highest BCUT2D eigenvalue weighted by Crippen LogP contribution is 2.17. The largest absolute Gasteiger partial charge is 0.373 e. The number of benzene rings is 2. The van der Waals surface area contributed by atoms with E-state index in [4.69, 9.17) is 4.74 Å². The zero-order valence-electron chi connectivity index (χ0n) is 15.6. The molecule has 1 heterocycles. The van der Waals surface area contributed by atoms with E-state index in [0.717, 1.165) is 12.1 Å². The molecule has 0 radical (unpaired) electrons. The summed E-state index contributed by atoms with van der Waals surface area (Å²) in [6.07, 6.45) is -0.0725. The lowest BCUT2D eigenvalue weighted by Gasteiger charge is -2.29. The van der Waals surface area contributed by atoms with Crippen molar-refractivity contribution in [1.29, 1.82) is 0 Å². The monoisotopic (exact) mass is 367 g/mol. The van der Waals surface area contributed by atoms with E-state index in [9.17, 15) is 9.59 Å². The molecule has 2 atom stereocenters. The van der Waals surface area contributed by atoms with E-state index in [0.29, 0.717) is 30.0 Å². The normalized spacial score (nSPS) is 17.8. The molecule has 6 heteroatoms. The fourth-order valence-corrected chi connectivity index (χ4v) is 3.06. The van der Waals surface area contributed by atoms with Gasteiger partial charge in [0.05, 0.1) is 30.0 Å². The molecule has 3 rings (SSSR count). The van der Waals surface area contributed by atoms with E-state index in [-0.39, 0.29) is 24.0 Å². The molecule has 3 N–H and O–H groups in total. The summed E-state index contributed by atoms with van der Waals surface area (Å²) in [6.45, 7) is 6.01. The highest BCUT2D eigenvalue weighted by atomic mass is 16.5. The topological polar surface area (TPSA) is 79.5 Å². The predicted octanol–water partition coefficient (Wildman–Crippen LogP) is 2.35. The highest BCUT2D eigenvalue weighted by molar-refractivity contribution is 6.09. The van der Waals surface area contributed by atoms with Gasteiger partial charge in [-0.25, -0.2) is 0 Å². The van der Waals surface area contributed by atoms with E-state index in [1.165, 1.54) is 0 Å². The van der Waals surface area contributed by atoms with E-state index < -0.39 is 0 Å². The lowest BCUT2D eigenvalue weighted by atomic mass is 10.1. The second kappa shape index (κ2) is 8.79. The van der Waals surface area contributed by atoms with Crippen molar-refractivity contribution in [3.63, 3.8) is 0 Å². The summed E-state index contributed by atoms with van der Waals surface area (Å²) in [5.41, 5.74) is 2.47. The molecule has 2 aromatic carbocycles. The van der Waals surface area contributed by atoms with Gasteiger partial charge in [0.1, 0.15) is 0 Å². The quantitative estimate of drug-likeness (QED) is 0.758. The van der Waals surface area contributed by atoms with Crippen molar-refractivity contribution in [3.05, 3.63) is 65.2 Å². The van der Waals surface area contributed by atoms with Crippen molar-refractivity contribution in [2.75, 3.05) is 25.0 Å². The Kier molecular flexibility index (Phi) is 6.21. The standard InChI is InChI=1S/C21H25N3O3/c1-14-6-5-7-16(12-14)20(25)24-18-9-4-3-8-17(18)21(26)23-15(2)19-13-22-10-11-27-19/h3-9,12,15,19,22H,10-11,13H2,1-2H3,(H,23,26)(H,24,25). The molecule has 2 amide bonds. The zero-order chi connectivity index (χ0) is 19.2.